The van der Waals surface area contributed by atoms with E-state index in [0.29, 0.717) is 11.3 Å². The molecule has 2 aromatic rings. The second-order valence-electron chi connectivity index (χ2n) is 6.88. The number of ether oxygens (including phenoxy) is 3. The van der Waals surface area contributed by atoms with Gasteiger partial charge in [-0.15, -0.1) is 0 Å². The second-order valence-corrected chi connectivity index (χ2v) is 6.88. The van der Waals surface area contributed by atoms with Gasteiger partial charge in [-0.3, -0.25) is 15.4 Å². The first-order valence-electron chi connectivity index (χ1n) is 9.65. The van der Waals surface area contributed by atoms with Crippen molar-refractivity contribution in [2.75, 3.05) is 5.32 Å². The number of nitrogens with one attached hydrogen (secondary N) is 1. The summed E-state index contributed by atoms with van der Waals surface area (Å²) in [5.41, 5.74) is 1.17. The fourth-order valence-corrected chi connectivity index (χ4v) is 3.07. The van der Waals surface area contributed by atoms with Gasteiger partial charge in [0, 0.05) is 17.8 Å². The smallest absolute Gasteiger partial charge is 0.446 e. The Morgan fingerprint density at radius 2 is 1.67 bits per heavy atom. The van der Waals surface area contributed by atoms with Crippen LogP contribution in [-0.2, 0) is 16.1 Å². The highest BCUT2D eigenvalue weighted by atomic mass is 16.7. The molecule has 1 N–H and O–H groups in total. The molecule has 1 saturated carbocycles. The number of hydrogen-bond acceptors (Lipinski definition) is 7. The van der Waals surface area contributed by atoms with Crippen molar-refractivity contribution >= 4 is 23.6 Å². The minimum atomic E-state index is -0.929. The lowest BCUT2D eigenvalue weighted by Gasteiger charge is -2.21. The quantitative estimate of drug-likeness (QED) is 0.299. The second kappa shape index (κ2) is 10.2. The Hall–Kier alpha value is -3.62. The lowest BCUT2D eigenvalue weighted by Crippen LogP contribution is -2.24. The van der Waals surface area contributed by atoms with Gasteiger partial charge in [-0.05, 0) is 55.5 Å². The molecule has 1 amide bonds. The molecule has 1 fully saturated rings. The van der Waals surface area contributed by atoms with Crippen LogP contribution in [0.1, 0.15) is 37.7 Å². The number of non-ortho nitro benzene ring substituents is 1. The van der Waals surface area contributed by atoms with E-state index in [9.17, 15) is 19.7 Å². The van der Waals surface area contributed by atoms with Crippen LogP contribution < -0.4 is 10.1 Å². The van der Waals surface area contributed by atoms with E-state index >= 15 is 0 Å². The van der Waals surface area contributed by atoms with Crippen LogP contribution >= 0.6 is 0 Å². The van der Waals surface area contributed by atoms with Crippen molar-refractivity contribution in [1.82, 2.24) is 0 Å². The molecular weight excluding hydrogens is 392 g/mol. The predicted molar refractivity (Wildman–Crippen MR) is 107 cm³/mol. The molecule has 1 aliphatic rings. The van der Waals surface area contributed by atoms with E-state index in [4.69, 9.17) is 14.2 Å². The zero-order valence-corrected chi connectivity index (χ0v) is 16.2. The SMILES string of the molecule is O=C(Nc1ccc(COC(=O)Oc2ccc([N+](=O)[O-])cc2)cc1)OC1CCCCC1. The normalized spacial score (nSPS) is 13.9. The molecule has 0 heterocycles. The van der Waals surface area contributed by atoms with Crippen LogP contribution in [0.5, 0.6) is 5.75 Å². The monoisotopic (exact) mass is 414 g/mol. The Labute approximate surface area is 173 Å². The molecular formula is C21H22N2O7. The van der Waals surface area contributed by atoms with Crippen LogP contribution in [0.15, 0.2) is 48.5 Å². The van der Waals surface area contributed by atoms with Crippen LogP contribution in [0.25, 0.3) is 0 Å². The van der Waals surface area contributed by atoms with Gasteiger partial charge in [-0.2, -0.15) is 0 Å². The standard InChI is InChI=1S/C21H22N2O7/c24-20(29-18-4-2-1-3-5-18)22-16-8-6-15(7-9-16)14-28-21(25)30-19-12-10-17(11-13-19)23(26)27/h6-13,18H,1-5,14H2,(H,22,24). The molecule has 2 aromatic carbocycles. The fraction of sp³-hybridized carbons (Fsp3) is 0.333. The van der Waals surface area contributed by atoms with E-state index < -0.39 is 17.2 Å². The molecule has 0 unspecified atom stereocenters. The van der Waals surface area contributed by atoms with Crippen LogP contribution in [0.4, 0.5) is 21.0 Å². The summed E-state index contributed by atoms with van der Waals surface area (Å²) in [6.07, 6.45) is 3.73. The molecule has 9 heteroatoms. The third kappa shape index (κ3) is 6.47. The maximum absolute atomic E-state index is 12.0. The summed E-state index contributed by atoms with van der Waals surface area (Å²) in [6, 6.07) is 11.9. The van der Waals surface area contributed by atoms with Crippen molar-refractivity contribution in [3.8, 4) is 5.75 Å². The van der Waals surface area contributed by atoms with Crippen LogP contribution in [-0.4, -0.2) is 23.3 Å². The number of amides is 1. The first-order chi connectivity index (χ1) is 14.5. The number of hydrogen-bond donors (Lipinski definition) is 1. The number of anilines is 1. The largest absolute Gasteiger partial charge is 0.514 e. The van der Waals surface area contributed by atoms with Crippen molar-refractivity contribution in [1.29, 1.82) is 0 Å². The van der Waals surface area contributed by atoms with Crippen LogP contribution in [0, 0.1) is 10.1 Å². The predicted octanol–water partition coefficient (Wildman–Crippen LogP) is 5.19. The number of nitro benzene ring substituents is 1. The third-order valence-electron chi connectivity index (χ3n) is 4.63. The summed E-state index contributed by atoms with van der Waals surface area (Å²) in [4.78, 5) is 33.8. The van der Waals surface area contributed by atoms with Crippen LogP contribution in [0.2, 0.25) is 0 Å². The van der Waals surface area contributed by atoms with Gasteiger partial charge in [0.05, 0.1) is 4.92 Å². The molecule has 0 aliphatic heterocycles. The van der Waals surface area contributed by atoms with Gasteiger partial charge in [0.15, 0.2) is 0 Å². The van der Waals surface area contributed by atoms with Crippen LogP contribution in [0.3, 0.4) is 0 Å². The van der Waals surface area contributed by atoms with Gasteiger partial charge in [0.25, 0.3) is 5.69 Å². The summed E-state index contributed by atoms with van der Waals surface area (Å²) in [6.45, 7) is -0.0292. The minimum Gasteiger partial charge on any atom is -0.446 e. The number of benzene rings is 2. The number of carbonyl (C=O) groups excluding carboxylic acids is 2. The van der Waals surface area contributed by atoms with Crippen molar-refractivity contribution in [3.05, 3.63) is 64.2 Å². The highest BCUT2D eigenvalue weighted by Crippen LogP contribution is 2.21. The number of nitrogens with zero attached hydrogens (tertiary/aromatic N) is 1. The highest BCUT2D eigenvalue weighted by molar-refractivity contribution is 5.84. The van der Waals surface area contributed by atoms with E-state index in [-0.39, 0.29) is 24.1 Å². The Bertz CT molecular complexity index is 875. The molecule has 0 atom stereocenters. The average molecular weight is 414 g/mol. The van der Waals surface area contributed by atoms with Gasteiger partial charge in [-0.25, -0.2) is 9.59 Å². The number of rotatable bonds is 6. The topological polar surface area (TPSA) is 117 Å². The Morgan fingerprint density at radius 1 is 1.00 bits per heavy atom. The third-order valence-corrected chi connectivity index (χ3v) is 4.63. The zero-order valence-electron chi connectivity index (χ0n) is 16.2. The average Bonchev–Trinajstić information content (AvgIpc) is 2.74. The van der Waals surface area contributed by atoms with Gasteiger partial charge < -0.3 is 14.2 Å². The molecule has 0 spiro atoms. The minimum absolute atomic E-state index is 0.0202. The number of nitro groups is 1. The highest BCUT2D eigenvalue weighted by Gasteiger charge is 2.17. The van der Waals surface area contributed by atoms with E-state index in [1.807, 2.05) is 0 Å². The van der Waals surface area contributed by atoms with Gasteiger partial charge in [-0.1, -0.05) is 18.6 Å². The lowest BCUT2D eigenvalue weighted by atomic mass is 9.98. The summed E-state index contributed by atoms with van der Waals surface area (Å²) < 4.78 is 15.4. The summed E-state index contributed by atoms with van der Waals surface area (Å²) in [7, 11) is 0. The summed E-state index contributed by atoms with van der Waals surface area (Å²) in [5, 5.41) is 13.3. The van der Waals surface area contributed by atoms with E-state index in [1.165, 1.54) is 30.7 Å². The van der Waals surface area contributed by atoms with Gasteiger partial charge >= 0.3 is 12.2 Å². The summed E-state index contributed by atoms with van der Waals surface area (Å²) in [5.74, 6) is 0.140. The molecule has 9 nitrogen and oxygen atoms in total. The van der Waals surface area contributed by atoms with Crippen molar-refractivity contribution in [2.45, 2.75) is 44.8 Å². The van der Waals surface area contributed by atoms with Gasteiger partial charge in [0.2, 0.25) is 0 Å². The molecule has 1 aliphatic carbocycles. The molecule has 0 saturated heterocycles. The Morgan fingerprint density at radius 3 is 2.30 bits per heavy atom. The Kier molecular flexibility index (Phi) is 7.20. The summed E-state index contributed by atoms with van der Waals surface area (Å²) >= 11 is 0. The molecule has 30 heavy (non-hydrogen) atoms. The lowest BCUT2D eigenvalue weighted by molar-refractivity contribution is -0.384. The van der Waals surface area contributed by atoms with Gasteiger partial charge in [0.1, 0.15) is 18.5 Å². The maximum atomic E-state index is 12.0. The molecule has 158 valence electrons. The first-order valence-corrected chi connectivity index (χ1v) is 9.65. The fourth-order valence-electron chi connectivity index (χ4n) is 3.07. The van der Waals surface area contributed by atoms with Crippen molar-refractivity contribution in [3.63, 3.8) is 0 Å². The molecule has 0 radical (unpaired) electrons. The number of carbonyl (C=O) groups is 2. The molecule has 0 aromatic heterocycles. The van der Waals surface area contributed by atoms with Crippen molar-refractivity contribution < 1.29 is 28.7 Å². The van der Waals surface area contributed by atoms with E-state index in [0.717, 1.165) is 25.7 Å². The maximum Gasteiger partial charge on any atom is 0.514 e. The van der Waals surface area contributed by atoms with Crippen molar-refractivity contribution in [2.24, 2.45) is 0 Å². The van der Waals surface area contributed by atoms with E-state index in [1.54, 1.807) is 24.3 Å². The van der Waals surface area contributed by atoms with E-state index in [2.05, 4.69) is 5.32 Å². The first kappa shape index (κ1) is 21.1. The zero-order chi connectivity index (χ0) is 21.3. The Balaban J connectivity index is 1.41. The molecule has 0 bridgehead atoms. The molecule has 3 rings (SSSR count).